The Morgan fingerprint density at radius 3 is 3.00 bits per heavy atom. The van der Waals surface area contributed by atoms with Crippen molar-refractivity contribution in [3.8, 4) is 0 Å². The normalized spacial score (nSPS) is 11.1. The molecule has 0 aliphatic heterocycles. The second-order valence-electron chi connectivity index (χ2n) is 4.52. The number of rotatable bonds is 4. The van der Waals surface area contributed by atoms with E-state index in [2.05, 4.69) is 15.0 Å². The molecule has 0 saturated heterocycles. The highest BCUT2D eigenvalue weighted by molar-refractivity contribution is 8.00. The van der Waals surface area contributed by atoms with Crippen LogP contribution in [0.4, 0.5) is 0 Å². The highest BCUT2D eigenvalue weighted by Crippen LogP contribution is 2.29. The molecule has 0 atom stereocenters. The molecule has 102 valence electrons. The first-order valence-corrected chi connectivity index (χ1v) is 8.02. The third-order valence-corrected chi connectivity index (χ3v) is 5.03. The molecule has 0 aliphatic rings. The van der Waals surface area contributed by atoms with Crippen LogP contribution in [0, 0.1) is 13.8 Å². The average Bonchev–Trinajstić information content (AvgIpc) is 3.02. The minimum atomic E-state index is 0.125. The summed E-state index contributed by atoms with van der Waals surface area (Å²) in [6, 6.07) is 3.87. The minimum absolute atomic E-state index is 0.125. The Kier molecular flexibility index (Phi) is 3.58. The van der Waals surface area contributed by atoms with Crippen molar-refractivity contribution < 1.29 is 4.79 Å². The molecule has 0 unspecified atom stereocenters. The molecule has 3 aromatic rings. The summed E-state index contributed by atoms with van der Waals surface area (Å²) in [4.78, 5) is 23.9. The van der Waals surface area contributed by atoms with Gasteiger partial charge in [-0.1, -0.05) is 11.8 Å². The largest absolute Gasteiger partial charge is 0.362 e. The summed E-state index contributed by atoms with van der Waals surface area (Å²) < 4.78 is 1.05. The second kappa shape index (κ2) is 5.38. The summed E-state index contributed by atoms with van der Waals surface area (Å²) in [5, 5.41) is 2.87. The van der Waals surface area contributed by atoms with E-state index in [1.54, 1.807) is 17.7 Å². The van der Waals surface area contributed by atoms with Gasteiger partial charge >= 0.3 is 0 Å². The predicted octanol–water partition coefficient (Wildman–Crippen LogP) is 3.61. The third kappa shape index (κ3) is 2.48. The first kappa shape index (κ1) is 13.3. The molecule has 0 saturated carbocycles. The van der Waals surface area contributed by atoms with Crippen LogP contribution in [0.15, 0.2) is 28.9 Å². The Hall–Kier alpha value is -1.66. The first-order valence-electron chi connectivity index (χ1n) is 6.15. The summed E-state index contributed by atoms with van der Waals surface area (Å²) in [5.41, 5.74) is 3.65. The molecule has 3 aromatic heterocycles. The van der Waals surface area contributed by atoms with Crippen molar-refractivity contribution in [2.45, 2.75) is 18.9 Å². The topological polar surface area (TPSA) is 58.6 Å². The van der Waals surface area contributed by atoms with Crippen molar-refractivity contribution in [1.82, 2.24) is 15.0 Å². The van der Waals surface area contributed by atoms with Gasteiger partial charge in [0.25, 0.3) is 0 Å². The quantitative estimate of drug-likeness (QED) is 0.454. The van der Waals surface area contributed by atoms with Crippen molar-refractivity contribution >= 4 is 39.1 Å². The van der Waals surface area contributed by atoms with Gasteiger partial charge in [0, 0.05) is 17.0 Å². The Morgan fingerprint density at radius 2 is 2.25 bits per heavy atom. The smallest absolute Gasteiger partial charge is 0.174 e. The van der Waals surface area contributed by atoms with E-state index in [0.717, 1.165) is 32.2 Å². The van der Waals surface area contributed by atoms with Crippen molar-refractivity contribution in [2.75, 3.05) is 5.75 Å². The van der Waals surface area contributed by atoms with Crippen LogP contribution in [-0.2, 0) is 0 Å². The molecule has 0 spiro atoms. The number of thiophene rings is 1. The number of H-pyrrole nitrogens is 1. The number of ketones is 1. The van der Waals surface area contributed by atoms with Gasteiger partial charge in [0.15, 0.2) is 5.78 Å². The number of nitrogens with zero attached hydrogens (tertiary/aromatic N) is 2. The lowest BCUT2D eigenvalue weighted by Gasteiger charge is -2.01. The van der Waals surface area contributed by atoms with E-state index in [1.165, 1.54) is 11.8 Å². The molecule has 0 fully saturated rings. The predicted molar refractivity (Wildman–Crippen MR) is 82.7 cm³/mol. The maximum atomic E-state index is 12.2. The van der Waals surface area contributed by atoms with Crippen LogP contribution in [-0.4, -0.2) is 26.5 Å². The number of nitrogens with one attached hydrogen (secondary N) is 1. The van der Waals surface area contributed by atoms with Crippen LogP contribution < -0.4 is 0 Å². The molecule has 0 amide bonds. The Labute approximate surface area is 124 Å². The van der Waals surface area contributed by atoms with Gasteiger partial charge < -0.3 is 4.98 Å². The zero-order valence-electron chi connectivity index (χ0n) is 11.1. The number of carbonyl (C=O) groups is 1. The Bertz CT molecular complexity index is 776. The molecule has 6 heteroatoms. The van der Waals surface area contributed by atoms with Crippen molar-refractivity contribution in [3.63, 3.8) is 0 Å². The summed E-state index contributed by atoms with van der Waals surface area (Å²) in [5.74, 6) is 0.516. The number of fused-ring (bicyclic) bond motifs is 1. The zero-order valence-corrected chi connectivity index (χ0v) is 12.8. The highest BCUT2D eigenvalue weighted by Gasteiger charge is 2.13. The van der Waals surface area contributed by atoms with Crippen LogP contribution in [0.1, 0.15) is 21.7 Å². The van der Waals surface area contributed by atoms with Crippen molar-refractivity contribution in [1.29, 1.82) is 0 Å². The fourth-order valence-electron chi connectivity index (χ4n) is 2.09. The minimum Gasteiger partial charge on any atom is -0.362 e. The maximum Gasteiger partial charge on any atom is 0.174 e. The van der Waals surface area contributed by atoms with Gasteiger partial charge in [0.05, 0.1) is 16.0 Å². The lowest BCUT2D eigenvalue weighted by molar-refractivity contribution is 0.102. The van der Waals surface area contributed by atoms with Gasteiger partial charge in [-0.3, -0.25) is 4.79 Å². The summed E-state index contributed by atoms with van der Waals surface area (Å²) >= 11 is 3.08. The highest BCUT2D eigenvalue weighted by atomic mass is 32.2. The van der Waals surface area contributed by atoms with Crippen LogP contribution >= 0.6 is 23.1 Å². The number of hydrogen-bond donors (Lipinski definition) is 1. The lowest BCUT2D eigenvalue weighted by atomic mass is 10.2. The molecule has 20 heavy (non-hydrogen) atoms. The molecule has 4 nitrogen and oxygen atoms in total. The molecular weight excluding hydrogens is 290 g/mol. The molecule has 0 aliphatic carbocycles. The van der Waals surface area contributed by atoms with Crippen LogP contribution in [0.3, 0.4) is 0 Å². The van der Waals surface area contributed by atoms with Gasteiger partial charge in [-0.05, 0) is 31.4 Å². The lowest BCUT2D eigenvalue weighted by Crippen LogP contribution is -2.03. The van der Waals surface area contributed by atoms with E-state index in [9.17, 15) is 4.79 Å². The fourth-order valence-corrected chi connectivity index (χ4v) is 3.92. The number of hydrogen-bond acceptors (Lipinski definition) is 5. The van der Waals surface area contributed by atoms with Gasteiger partial charge in [-0.2, -0.15) is 0 Å². The van der Waals surface area contributed by atoms with E-state index in [1.807, 2.05) is 31.4 Å². The second-order valence-corrected chi connectivity index (χ2v) is 6.40. The number of aromatic amines is 1. The molecule has 0 bridgehead atoms. The summed E-state index contributed by atoms with van der Waals surface area (Å²) in [7, 11) is 0. The maximum absolute atomic E-state index is 12.2. The Morgan fingerprint density at radius 1 is 1.40 bits per heavy atom. The van der Waals surface area contributed by atoms with E-state index < -0.39 is 0 Å². The molecule has 3 heterocycles. The van der Waals surface area contributed by atoms with Gasteiger partial charge in [-0.15, -0.1) is 11.3 Å². The fraction of sp³-hybridized carbons (Fsp3) is 0.214. The molecule has 0 aromatic carbocycles. The van der Waals surface area contributed by atoms with Crippen molar-refractivity contribution in [3.05, 3.63) is 40.8 Å². The first-order chi connectivity index (χ1) is 9.65. The van der Waals surface area contributed by atoms with Crippen molar-refractivity contribution in [2.24, 2.45) is 0 Å². The van der Waals surface area contributed by atoms with E-state index in [4.69, 9.17) is 0 Å². The van der Waals surface area contributed by atoms with E-state index in [-0.39, 0.29) is 5.78 Å². The SMILES string of the molecule is Cc1cc(C(=O)CSc2ncnc3ccsc23)c(C)[nH]1. The molecule has 0 radical (unpaired) electrons. The van der Waals surface area contributed by atoms with Gasteiger partial charge in [0.1, 0.15) is 11.4 Å². The Balaban J connectivity index is 1.78. The molecular formula is C14H13N3OS2. The summed E-state index contributed by atoms with van der Waals surface area (Å²) in [6.45, 7) is 3.88. The average molecular weight is 303 g/mol. The zero-order chi connectivity index (χ0) is 14.1. The van der Waals surface area contributed by atoms with Crippen LogP contribution in [0.5, 0.6) is 0 Å². The number of aromatic nitrogens is 3. The van der Waals surface area contributed by atoms with E-state index in [0.29, 0.717) is 5.75 Å². The third-order valence-electron chi connectivity index (χ3n) is 3.00. The van der Waals surface area contributed by atoms with Crippen LogP contribution in [0.2, 0.25) is 0 Å². The monoisotopic (exact) mass is 303 g/mol. The number of Topliss-reactive ketones (excluding diaryl/α,β-unsaturated/α-hetero) is 1. The van der Waals surface area contributed by atoms with Crippen LogP contribution in [0.25, 0.3) is 10.2 Å². The molecule has 1 N–H and O–H groups in total. The molecule has 3 rings (SSSR count). The number of aryl methyl sites for hydroxylation is 2. The van der Waals surface area contributed by atoms with Gasteiger partial charge in [0.2, 0.25) is 0 Å². The van der Waals surface area contributed by atoms with Gasteiger partial charge in [-0.25, -0.2) is 9.97 Å². The number of carbonyl (C=O) groups excluding carboxylic acids is 1. The standard InChI is InChI=1S/C14H13N3OS2/c1-8-5-10(9(2)17-8)12(18)6-20-14-13-11(3-4-19-13)15-7-16-14/h3-5,7,17H,6H2,1-2H3. The number of thioether (sulfide) groups is 1. The van der Waals surface area contributed by atoms with E-state index >= 15 is 0 Å². The summed E-state index contributed by atoms with van der Waals surface area (Å²) in [6.07, 6.45) is 1.55.